The number of esters is 1. The van der Waals surface area contributed by atoms with Crippen molar-refractivity contribution in [2.45, 2.75) is 117 Å². The van der Waals surface area contributed by atoms with Crippen molar-refractivity contribution in [2.24, 2.45) is 29.6 Å². The van der Waals surface area contributed by atoms with Gasteiger partial charge in [0.2, 0.25) is 0 Å². The van der Waals surface area contributed by atoms with Crippen molar-refractivity contribution >= 4 is 28.6 Å². The van der Waals surface area contributed by atoms with Crippen molar-refractivity contribution in [1.29, 1.82) is 0 Å². The van der Waals surface area contributed by atoms with E-state index >= 15 is 0 Å². The highest BCUT2D eigenvalue weighted by molar-refractivity contribution is 14.1. The number of cyclic esters (lactones) is 1. The molecule has 1 N–H and O–H groups in total. The summed E-state index contributed by atoms with van der Waals surface area (Å²) in [6.45, 7) is 17.7. The van der Waals surface area contributed by atoms with E-state index in [0.717, 1.165) is 0 Å². The van der Waals surface area contributed by atoms with Gasteiger partial charge in [0.15, 0.2) is 12.1 Å². The molecule has 0 radical (unpaired) electrons. The van der Waals surface area contributed by atoms with Crippen LogP contribution in [0.15, 0.2) is 0 Å². The Morgan fingerprint density at radius 3 is 2.12 bits per heavy atom. The van der Waals surface area contributed by atoms with Gasteiger partial charge in [-0.25, -0.2) is 0 Å². The summed E-state index contributed by atoms with van der Waals surface area (Å²) in [6.07, 6.45) is -1.45. The van der Waals surface area contributed by atoms with Crippen LogP contribution in [-0.4, -0.2) is 63.7 Å². The molecule has 3 rings (SSSR count). The lowest BCUT2D eigenvalue weighted by atomic mass is 9.73. The molecule has 0 aromatic rings. The fraction of sp³-hybridized carbons (Fsp3) is 0.960. The summed E-state index contributed by atoms with van der Waals surface area (Å²) in [5, 5.41) is 12.0. The van der Waals surface area contributed by atoms with Gasteiger partial charge in [-0.1, -0.05) is 50.3 Å². The van der Waals surface area contributed by atoms with Crippen molar-refractivity contribution in [3.63, 3.8) is 0 Å². The number of carbonyl (C=O) groups excluding carboxylic acids is 1. The fourth-order valence-electron chi connectivity index (χ4n) is 6.09. The van der Waals surface area contributed by atoms with E-state index in [1.54, 1.807) is 0 Å². The van der Waals surface area contributed by atoms with Crippen LogP contribution in [0.25, 0.3) is 0 Å². The highest BCUT2D eigenvalue weighted by Crippen LogP contribution is 2.44. The van der Waals surface area contributed by atoms with Crippen molar-refractivity contribution < 1.29 is 33.6 Å². The molecular formula is C25H43IO7. The molecule has 0 aliphatic carbocycles. The molecule has 8 heteroatoms. The summed E-state index contributed by atoms with van der Waals surface area (Å²) >= 11 is 2.26. The van der Waals surface area contributed by atoms with Gasteiger partial charge < -0.3 is 28.8 Å². The van der Waals surface area contributed by atoms with Crippen LogP contribution in [0.1, 0.15) is 68.7 Å². The number of hydrogen-bond donors (Lipinski definition) is 1. The van der Waals surface area contributed by atoms with E-state index < -0.39 is 29.7 Å². The second-order valence-electron chi connectivity index (χ2n) is 11.2. The Morgan fingerprint density at radius 1 is 0.909 bits per heavy atom. The van der Waals surface area contributed by atoms with Crippen LogP contribution in [0.4, 0.5) is 0 Å². The number of carbonyl (C=O) groups is 1. The predicted octanol–water partition coefficient (Wildman–Crippen LogP) is 4.32. The number of halogens is 1. The minimum absolute atomic E-state index is 0.0142. The van der Waals surface area contributed by atoms with Gasteiger partial charge >= 0.3 is 5.97 Å². The second-order valence-corrected chi connectivity index (χ2v) is 12.0. The van der Waals surface area contributed by atoms with Crippen LogP contribution in [0.3, 0.4) is 0 Å². The maximum Gasteiger partial charge on any atom is 0.311 e. The molecule has 0 aromatic heterocycles. The van der Waals surface area contributed by atoms with Gasteiger partial charge in [0, 0.05) is 22.2 Å². The van der Waals surface area contributed by atoms with Gasteiger partial charge in [0.25, 0.3) is 0 Å². The Hall–Kier alpha value is -0.000000000000000111. The maximum absolute atomic E-state index is 13.2. The molecule has 33 heavy (non-hydrogen) atoms. The molecule has 1 unspecified atom stereocenters. The third kappa shape index (κ3) is 5.56. The maximum atomic E-state index is 13.2. The van der Waals surface area contributed by atoms with E-state index in [9.17, 15) is 9.90 Å². The summed E-state index contributed by atoms with van der Waals surface area (Å²) in [5.41, 5.74) is -1.05. The van der Waals surface area contributed by atoms with E-state index in [0.29, 0.717) is 10.8 Å². The minimum atomic E-state index is -1.05. The average Bonchev–Trinajstić information content (AvgIpc) is 2.74. The van der Waals surface area contributed by atoms with Gasteiger partial charge in [-0.05, 0) is 47.0 Å². The van der Waals surface area contributed by atoms with Crippen LogP contribution >= 0.6 is 22.6 Å². The number of ether oxygens (including phenoxy) is 5. The Balaban J connectivity index is 2.05. The number of fused-ring (bicyclic) bond motifs is 4. The molecule has 4 bridgehead atoms. The van der Waals surface area contributed by atoms with Crippen molar-refractivity contribution in [3.8, 4) is 0 Å². The molecule has 3 heterocycles. The van der Waals surface area contributed by atoms with Crippen LogP contribution in [0, 0.1) is 29.6 Å². The molecule has 3 aliphatic heterocycles. The monoisotopic (exact) mass is 582 g/mol. The summed E-state index contributed by atoms with van der Waals surface area (Å²) in [4.78, 5) is 13.2. The highest BCUT2D eigenvalue weighted by Gasteiger charge is 2.53. The van der Waals surface area contributed by atoms with Crippen LogP contribution in [0.2, 0.25) is 0 Å². The van der Waals surface area contributed by atoms with Gasteiger partial charge in [0.05, 0.1) is 30.3 Å². The molecule has 0 amide bonds. The average molecular weight is 583 g/mol. The van der Waals surface area contributed by atoms with E-state index in [1.165, 1.54) is 0 Å². The first-order valence-electron chi connectivity index (χ1n) is 12.4. The Kier molecular flexibility index (Phi) is 8.50. The van der Waals surface area contributed by atoms with E-state index in [-0.39, 0.29) is 54.1 Å². The standard InChI is InChI=1S/C25H43IO7/c1-12-10-25(28,11-26)22-15(4)20(30-18(7)31-22)13(2)17(6)29-23(27)16(5)21-14(3)19(12)32-24(8,9)33-21/h12-22,28H,10-11H2,1-9H3/t12-,13-,14+,15+,16+,17+,18?,19-,20-,21-,22+,25+/m0/s1. The molecule has 12 atom stereocenters. The molecular weight excluding hydrogens is 539 g/mol. The highest BCUT2D eigenvalue weighted by atomic mass is 127. The third-order valence-electron chi connectivity index (χ3n) is 7.98. The molecule has 3 fully saturated rings. The number of rotatable bonds is 1. The normalized spacial score (nSPS) is 51.4. The summed E-state index contributed by atoms with van der Waals surface area (Å²) in [5.74, 6) is -1.74. The van der Waals surface area contributed by atoms with E-state index in [1.807, 2.05) is 41.5 Å². The second kappa shape index (κ2) is 10.2. The zero-order valence-corrected chi connectivity index (χ0v) is 23.7. The molecule has 192 valence electrons. The van der Waals surface area contributed by atoms with Crippen molar-refractivity contribution in [1.82, 2.24) is 0 Å². The Bertz CT molecular complexity index is 702. The minimum Gasteiger partial charge on any atom is -0.462 e. The van der Waals surface area contributed by atoms with Crippen molar-refractivity contribution in [2.75, 3.05) is 4.43 Å². The lowest BCUT2D eigenvalue weighted by Gasteiger charge is -2.52. The Morgan fingerprint density at radius 2 is 1.52 bits per heavy atom. The zero-order valence-electron chi connectivity index (χ0n) is 21.5. The largest absolute Gasteiger partial charge is 0.462 e. The number of hydrogen-bond acceptors (Lipinski definition) is 7. The van der Waals surface area contributed by atoms with Crippen molar-refractivity contribution in [3.05, 3.63) is 0 Å². The Labute approximate surface area is 212 Å². The smallest absolute Gasteiger partial charge is 0.311 e. The van der Waals surface area contributed by atoms with Gasteiger partial charge in [-0.2, -0.15) is 0 Å². The third-order valence-corrected chi connectivity index (χ3v) is 9.30. The SMILES string of the molecule is CC1O[C@@H]2[C@@H](C)[C@@H](O1)[C@](O)(CI)C[C@H](C)[C@@H]1OC(C)(C)O[C@@H]([C@@H]1C)[C@@H](C)C(=O)O[C@H](C)[C@@H]2C. The van der Waals surface area contributed by atoms with Crippen LogP contribution < -0.4 is 0 Å². The topological polar surface area (TPSA) is 83.5 Å². The lowest BCUT2D eigenvalue weighted by molar-refractivity contribution is -0.339. The molecule has 3 aliphatic rings. The number of alkyl halides is 1. The van der Waals surface area contributed by atoms with Gasteiger partial charge in [0.1, 0.15) is 11.7 Å². The fourth-order valence-corrected chi connectivity index (χ4v) is 6.84. The lowest BCUT2D eigenvalue weighted by Crippen LogP contribution is -2.61. The van der Waals surface area contributed by atoms with Gasteiger partial charge in [-0.15, -0.1) is 0 Å². The van der Waals surface area contributed by atoms with Crippen LogP contribution in [-0.2, 0) is 28.5 Å². The quantitative estimate of drug-likeness (QED) is 0.280. The molecule has 7 nitrogen and oxygen atoms in total. The van der Waals surface area contributed by atoms with Crippen LogP contribution in [0.5, 0.6) is 0 Å². The first-order valence-corrected chi connectivity index (χ1v) is 13.9. The molecule has 0 spiro atoms. The molecule has 0 aromatic carbocycles. The summed E-state index contributed by atoms with van der Waals surface area (Å²) in [7, 11) is 0. The first kappa shape index (κ1) is 27.6. The number of aliphatic hydroxyl groups is 1. The van der Waals surface area contributed by atoms with E-state index in [2.05, 4.69) is 43.4 Å². The van der Waals surface area contributed by atoms with Gasteiger partial charge in [-0.3, -0.25) is 4.79 Å². The molecule has 0 saturated carbocycles. The zero-order chi connectivity index (χ0) is 24.9. The predicted molar refractivity (Wildman–Crippen MR) is 133 cm³/mol. The summed E-state index contributed by atoms with van der Waals surface area (Å²) < 4.78 is 31.5. The summed E-state index contributed by atoms with van der Waals surface area (Å²) in [6, 6.07) is 0. The van der Waals surface area contributed by atoms with E-state index in [4.69, 9.17) is 23.7 Å². The molecule has 3 saturated heterocycles. The first-order chi connectivity index (χ1) is 15.2.